The van der Waals surface area contributed by atoms with Crippen molar-refractivity contribution in [1.29, 1.82) is 0 Å². The molecule has 2 aromatic carbocycles. The van der Waals surface area contributed by atoms with Crippen LogP contribution in [0.2, 0.25) is 0 Å². The van der Waals surface area contributed by atoms with Gasteiger partial charge in [0, 0.05) is 0 Å². The van der Waals surface area contributed by atoms with Crippen LogP contribution in [-0.4, -0.2) is 12.4 Å². The Hall–Kier alpha value is -1.97. The fourth-order valence-corrected chi connectivity index (χ4v) is 2.22. The number of rotatable bonds is 0. The summed E-state index contributed by atoms with van der Waals surface area (Å²) >= 11 is 0. The molecule has 2 aromatic rings. The Bertz CT molecular complexity index is 664. The van der Waals surface area contributed by atoms with Crippen LogP contribution in [0.1, 0.15) is 17.3 Å². The van der Waals surface area contributed by atoms with Crippen molar-refractivity contribution in [2.75, 3.05) is 6.61 Å². The predicted octanol–water partition coefficient (Wildman–Crippen LogP) is 3.33. The molecule has 0 N–H and O–H groups in total. The van der Waals surface area contributed by atoms with Crippen LogP contribution in [0.3, 0.4) is 0 Å². The molecule has 0 aromatic heterocycles. The number of benzene rings is 2. The number of hydrogen-bond donors (Lipinski definition) is 0. The third-order valence-electron chi connectivity index (χ3n) is 3.20. The summed E-state index contributed by atoms with van der Waals surface area (Å²) in [5.74, 6) is -2.04. The third-order valence-corrected chi connectivity index (χ3v) is 3.20. The normalized spacial score (nSPS) is 18.6. The van der Waals surface area contributed by atoms with Gasteiger partial charge in [0.25, 0.3) is 0 Å². The lowest BCUT2D eigenvalue weighted by Crippen LogP contribution is -2.26. The molecule has 3 rings (SSSR count). The molecule has 0 fully saturated rings. The van der Waals surface area contributed by atoms with Crippen LogP contribution in [0, 0.1) is 17.6 Å². The highest BCUT2D eigenvalue weighted by atomic mass is 19.1. The zero-order valence-electron chi connectivity index (χ0n) is 9.67. The number of hydrogen-bond acceptors (Lipinski definition) is 2. The summed E-state index contributed by atoms with van der Waals surface area (Å²) in [4.78, 5) is 12.0. The SMILES string of the molecule is CC1COc2c(cc3cccc(F)c3c2F)C1=O. The molecule has 1 unspecified atom stereocenters. The fourth-order valence-electron chi connectivity index (χ4n) is 2.22. The van der Waals surface area contributed by atoms with Gasteiger partial charge in [-0.15, -0.1) is 0 Å². The minimum atomic E-state index is -0.791. The molecule has 1 aliphatic rings. The van der Waals surface area contributed by atoms with Gasteiger partial charge in [-0.1, -0.05) is 19.1 Å². The molecule has 1 atom stereocenters. The van der Waals surface area contributed by atoms with Crippen molar-refractivity contribution in [2.24, 2.45) is 5.92 Å². The molecule has 0 aliphatic carbocycles. The van der Waals surface area contributed by atoms with Gasteiger partial charge in [-0.25, -0.2) is 8.78 Å². The van der Waals surface area contributed by atoms with E-state index in [1.54, 1.807) is 13.0 Å². The summed E-state index contributed by atoms with van der Waals surface area (Å²) in [5, 5.41) is 0.246. The molecule has 0 saturated carbocycles. The average Bonchev–Trinajstić information content (AvgIpc) is 2.34. The van der Waals surface area contributed by atoms with Gasteiger partial charge in [-0.2, -0.15) is 0 Å². The van der Waals surface area contributed by atoms with Gasteiger partial charge in [0.05, 0.1) is 23.5 Å². The lowest BCUT2D eigenvalue weighted by atomic mass is 9.94. The van der Waals surface area contributed by atoms with E-state index < -0.39 is 11.6 Å². The van der Waals surface area contributed by atoms with E-state index in [0.29, 0.717) is 5.39 Å². The Morgan fingerprint density at radius 1 is 1.33 bits per heavy atom. The molecular formula is C14H10F2O2. The summed E-state index contributed by atoms with van der Waals surface area (Å²) in [5.41, 5.74) is 0.198. The van der Waals surface area contributed by atoms with Gasteiger partial charge < -0.3 is 4.74 Å². The number of ether oxygens (including phenoxy) is 1. The predicted molar refractivity (Wildman–Crippen MR) is 62.9 cm³/mol. The van der Waals surface area contributed by atoms with E-state index in [4.69, 9.17) is 4.74 Å². The first-order valence-electron chi connectivity index (χ1n) is 5.67. The molecule has 0 radical (unpaired) electrons. The van der Waals surface area contributed by atoms with Crippen molar-refractivity contribution >= 4 is 16.6 Å². The molecule has 0 spiro atoms. The first kappa shape index (κ1) is 11.1. The Morgan fingerprint density at radius 3 is 2.89 bits per heavy atom. The zero-order valence-corrected chi connectivity index (χ0v) is 9.67. The lowest BCUT2D eigenvalue weighted by Gasteiger charge is -2.22. The highest BCUT2D eigenvalue weighted by Crippen LogP contribution is 2.36. The topological polar surface area (TPSA) is 26.3 Å². The maximum atomic E-state index is 14.2. The smallest absolute Gasteiger partial charge is 0.176 e. The lowest BCUT2D eigenvalue weighted by molar-refractivity contribution is 0.0843. The van der Waals surface area contributed by atoms with Gasteiger partial charge in [-0.3, -0.25) is 4.79 Å². The first-order valence-corrected chi connectivity index (χ1v) is 5.67. The fraction of sp³-hybridized carbons (Fsp3) is 0.214. The van der Waals surface area contributed by atoms with Gasteiger partial charge in [0.15, 0.2) is 17.3 Å². The maximum Gasteiger partial charge on any atom is 0.176 e. The largest absolute Gasteiger partial charge is 0.489 e. The van der Waals surface area contributed by atoms with E-state index in [1.807, 2.05) is 0 Å². The van der Waals surface area contributed by atoms with E-state index in [2.05, 4.69) is 0 Å². The van der Waals surface area contributed by atoms with Crippen molar-refractivity contribution in [3.05, 3.63) is 41.5 Å². The minimum absolute atomic E-state index is 0.126. The molecule has 0 amide bonds. The molecule has 2 nitrogen and oxygen atoms in total. The van der Waals surface area contributed by atoms with Crippen molar-refractivity contribution in [2.45, 2.75) is 6.92 Å². The summed E-state index contributed by atoms with van der Waals surface area (Å²) in [7, 11) is 0. The highest BCUT2D eigenvalue weighted by Gasteiger charge is 2.29. The molecule has 4 heteroatoms. The van der Waals surface area contributed by atoms with Crippen molar-refractivity contribution in [3.8, 4) is 5.75 Å². The Morgan fingerprint density at radius 2 is 2.11 bits per heavy atom. The molecule has 0 saturated heterocycles. The Labute approximate surface area is 102 Å². The van der Waals surface area contributed by atoms with E-state index in [-0.39, 0.29) is 35.0 Å². The monoisotopic (exact) mass is 248 g/mol. The van der Waals surface area contributed by atoms with Crippen LogP contribution in [0.25, 0.3) is 10.8 Å². The van der Waals surface area contributed by atoms with Gasteiger partial charge in [0.1, 0.15) is 5.82 Å². The number of ketones is 1. The number of Topliss-reactive ketones (excluding diaryl/α,β-unsaturated/α-hetero) is 1. The molecule has 0 bridgehead atoms. The summed E-state index contributed by atoms with van der Waals surface area (Å²) in [6.45, 7) is 1.85. The van der Waals surface area contributed by atoms with Crippen LogP contribution in [-0.2, 0) is 0 Å². The van der Waals surface area contributed by atoms with Crippen molar-refractivity contribution in [3.63, 3.8) is 0 Å². The summed E-state index contributed by atoms with van der Waals surface area (Å²) in [6, 6.07) is 5.75. The quantitative estimate of drug-likeness (QED) is 0.714. The number of halogens is 2. The molecule has 1 heterocycles. The second-order valence-electron chi connectivity index (χ2n) is 4.48. The van der Waals surface area contributed by atoms with E-state index in [9.17, 15) is 13.6 Å². The summed E-state index contributed by atoms with van der Waals surface area (Å²) < 4.78 is 33.0. The molecule has 92 valence electrons. The first-order chi connectivity index (χ1) is 8.59. The van der Waals surface area contributed by atoms with Gasteiger partial charge in [0.2, 0.25) is 0 Å². The van der Waals surface area contributed by atoms with Gasteiger partial charge >= 0.3 is 0 Å². The second-order valence-corrected chi connectivity index (χ2v) is 4.48. The Kier molecular flexibility index (Phi) is 2.33. The highest BCUT2D eigenvalue weighted by molar-refractivity contribution is 6.05. The molecular weight excluding hydrogens is 238 g/mol. The standard InChI is InChI=1S/C14H10F2O2/c1-7-6-18-14-9(13(7)17)5-8-3-2-4-10(15)11(8)12(14)16/h2-5,7H,6H2,1H3. The minimum Gasteiger partial charge on any atom is -0.489 e. The van der Waals surface area contributed by atoms with Crippen LogP contribution in [0.5, 0.6) is 5.75 Å². The van der Waals surface area contributed by atoms with E-state index in [1.165, 1.54) is 18.2 Å². The van der Waals surface area contributed by atoms with Crippen LogP contribution in [0.4, 0.5) is 8.78 Å². The van der Waals surface area contributed by atoms with Gasteiger partial charge in [-0.05, 0) is 17.5 Å². The van der Waals surface area contributed by atoms with Crippen LogP contribution >= 0.6 is 0 Å². The average molecular weight is 248 g/mol. The van der Waals surface area contributed by atoms with Crippen LogP contribution in [0.15, 0.2) is 24.3 Å². The zero-order chi connectivity index (χ0) is 12.9. The van der Waals surface area contributed by atoms with Crippen molar-refractivity contribution in [1.82, 2.24) is 0 Å². The molecule has 18 heavy (non-hydrogen) atoms. The second kappa shape index (κ2) is 3.77. The Balaban J connectivity index is 2.39. The number of fused-ring (bicyclic) bond motifs is 2. The number of carbonyl (C=O) groups excluding carboxylic acids is 1. The van der Waals surface area contributed by atoms with E-state index >= 15 is 0 Å². The van der Waals surface area contributed by atoms with Crippen LogP contribution < -0.4 is 4.74 Å². The third kappa shape index (κ3) is 1.41. The van der Waals surface area contributed by atoms with Crippen molar-refractivity contribution < 1.29 is 18.3 Å². The number of carbonyl (C=O) groups is 1. The molecule has 1 aliphatic heterocycles. The maximum absolute atomic E-state index is 14.2. The summed E-state index contributed by atoms with van der Waals surface area (Å²) in [6.07, 6.45) is 0. The van der Waals surface area contributed by atoms with E-state index in [0.717, 1.165) is 0 Å².